The Morgan fingerprint density at radius 2 is 1.89 bits per heavy atom. The van der Waals surface area contributed by atoms with Crippen LogP contribution in [0.15, 0.2) is 71.8 Å². The molecule has 0 aliphatic carbocycles. The summed E-state index contributed by atoms with van der Waals surface area (Å²) in [5, 5.41) is 5.00. The van der Waals surface area contributed by atoms with Crippen molar-refractivity contribution in [2.24, 2.45) is 7.05 Å². The first-order valence-electron chi connectivity index (χ1n) is 8.71. The summed E-state index contributed by atoms with van der Waals surface area (Å²) in [6.07, 6.45) is 3.50. The molecule has 140 valence electrons. The second-order valence-electron chi connectivity index (χ2n) is 6.46. The third kappa shape index (κ3) is 3.57. The van der Waals surface area contributed by atoms with E-state index < -0.39 is 0 Å². The molecule has 0 radical (unpaired) electrons. The largest absolute Gasteiger partial charge is 0.497 e. The standard InChI is InChI=1S/C22H18ClN3O2/c1-26-8-6-14(11-22(26)27)15-9-17(13-18(10-15)28-2)25-21-5-7-24-20-4-3-16(23)12-19(20)21/h3-13H,1-2H3,(H,24,25). The van der Waals surface area contributed by atoms with E-state index in [1.54, 1.807) is 32.6 Å². The van der Waals surface area contributed by atoms with Gasteiger partial charge in [0.25, 0.3) is 5.56 Å². The third-order valence-corrected chi connectivity index (χ3v) is 4.80. The first kappa shape index (κ1) is 18.1. The number of methoxy groups -OCH3 is 1. The summed E-state index contributed by atoms with van der Waals surface area (Å²) in [5.41, 5.74) is 4.22. The number of hydrogen-bond donors (Lipinski definition) is 1. The number of pyridine rings is 2. The fourth-order valence-electron chi connectivity index (χ4n) is 3.07. The number of aromatic nitrogens is 2. The Labute approximate surface area is 167 Å². The smallest absolute Gasteiger partial charge is 0.250 e. The topological polar surface area (TPSA) is 56.1 Å². The fraction of sp³-hybridized carbons (Fsp3) is 0.0909. The normalized spacial score (nSPS) is 10.8. The molecule has 0 unspecified atom stereocenters. The first-order valence-corrected chi connectivity index (χ1v) is 9.09. The molecule has 0 fully saturated rings. The van der Waals surface area contributed by atoms with Crippen molar-refractivity contribution in [3.63, 3.8) is 0 Å². The van der Waals surface area contributed by atoms with Crippen LogP contribution < -0.4 is 15.6 Å². The van der Waals surface area contributed by atoms with Gasteiger partial charge in [-0.3, -0.25) is 9.78 Å². The van der Waals surface area contributed by atoms with Crippen molar-refractivity contribution in [1.29, 1.82) is 0 Å². The van der Waals surface area contributed by atoms with Gasteiger partial charge in [0.2, 0.25) is 0 Å². The van der Waals surface area contributed by atoms with Gasteiger partial charge in [-0.25, -0.2) is 0 Å². The lowest BCUT2D eigenvalue weighted by molar-refractivity contribution is 0.415. The molecule has 0 bridgehead atoms. The van der Waals surface area contributed by atoms with Gasteiger partial charge in [-0.15, -0.1) is 0 Å². The maximum Gasteiger partial charge on any atom is 0.250 e. The molecule has 0 aliphatic rings. The van der Waals surface area contributed by atoms with Gasteiger partial charge in [0.05, 0.1) is 12.6 Å². The molecular weight excluding hydrogens is 374 g/mol. The quantitative estimate of drug-likeness (QED) is 0.531. The Morgan fingerprint density at radius 1 is 1.04 bits per heavy atom. The number of nitrogens with zero attached hydrogens (tertiary/aromatic N) is 2. The van der Waals surface area contributed by atoms with E-state index in [2.05, 4.69) is 10.3 Å². The lowest BCUT2D eigenvalue weighted by Crippen LogP contribution is -2.14. The van der Waals surface area contributed by atoms with Crippen LogP contribution >= 0.6 is 11.6 Å². The lowest BCUT2D eigenvalue weighted by Gasteiger charge is -2.13. The highest BCUT2D eigenvalue weighted by molar-refractivity contribution is 6.31. The molecule has 2 aromatic carbocycles. The van der Waals surface area contributed by atoms with Crippen molar-refractivity contribution in [2.75, 3.05) is 12.4 Å². The average Bonchev–Trinajstić information content (AvgIpc) is 2.70. The van der Waals surface area contributed by atoms with E-state index in [0.29, 0.717) is 10.8 Å². The van der Waals surface area contributed by atoms with Crippen molar-refractivity contribution in [3.05, 3.63) is 82.4 Å². The zero-order valence-electron chi connectivity index (χ0n) is 15.4. The van der Waals surface area contributed by atoms with Gasteiger partial charge in [0.15, 0.2) is 0 Å². The van der Waals surface area contributed by atoms with Gasteiger partial charge in [-0.2, -0.15) is 0 Å². The highest BCUT2D eigenvalue weighted by atomic mass is 35.5. The molecule has 6 heteroatoms. The Morgan fingerprint density at radius 3 is 2.68 bits per heavy atom. The number of anilines is 2. The van der Waals surface area contributed by atoms with Crippen LogP contribution in [0.1, 0.15) is 0 Å². The Kier molecular flexibility index (Phi) is 4.75. The van der Waals surface area contributed by atoms with Crippen molar-refractivity contribution < 1.29 is 4.74 Å². The number of aryl methyl sites for hydroxylation is 1. The fourth-order valence-corrected chi connectivity index (χ4v) is 3.24. The van der Waals surface area contributed by atoms with Gasteiger partial charge in [0, 0.05) is 53.4 Å². The van der Waals surface area contributed by atoms with Crippen molar-refractivity contribution in [1.82, 2.24) is 9.55 Å². The van der Waals surface area contributed by atoms with Crippen molar-refractivity contribution in [2.45, 2.75) is 0 Å². The predicted molar refractivity (Wildman–Crippen MR) is 114 cm³/mol. The summed E-state index contributed by atoms with van der Waals surface area (Å²) in [4.78, 5) is 16.4. The van der Waals surface area contributed by atoms with Crippen LogP contribution in [-0.4, -0.2) is 16.7 Å². The summed E-state index contributed by atoms with van der Waals surface area (Å²) in [5.74, 6) is 0.692. The number of fused-ring (bicyclic) bond motifs is 1. The Balaban J connectivity index is 1.79. The zero-order valence-corrected chi connectivity index (χ0v) is 16.2. The van der Waals surface area contributed by atoms with Crippen LogP contribution in [0.5, 0.6) is 5.75 Å². The van der Waals surface area contributed by atoms with E-state index in [4.69, 9.17) is 16.3 Å². The molecule has 4 rings (SSSR count). The molecule has 5 nitrogen and oxygen atoms in total. The maximum atomic E-state index is 12.0. The molecule has 2 aromatic heterocycles. The van der Waals surface area contributed by atoms with Gasteiger partial charge in [0.1, 0.15) is 5.75 Å². The lowest BCUT2D eigenvalue weighted by atomic mass is 10.1. The monoisotopic (exact) mass is 391 g/mol. The van der Waals surface area contributed by atoms with Gasteiger partial charge in [-0.1, -0.05) is 11.6 Å². The third-order valence-electron chi connectivity index (χ3n) is 4.56. The molecule has 0 saturated carbocycles. The highest BCUT2D eigenvalue weighted by Gasteiger charge is 2.08. The van der Waals surface area contributed by atoms with Crippen LogP contribution in [0.4, 0.5) is 11.4 Å². The minimum atomic E-state index is -0.0652. The molecule has 0 saturated heterocycles. The number of nitrogens with one attached hydrogen (secondary N) is 1. The Bertz CT molecular complexity index is 1230. The number of ether oxygens (including phenoxy) is 1. The molecule has 0 aliphatic heterocycles. The molecule has 4 aromatic rings. The number of halogens is 1. The molecule has 28 heavy (non-hydrogen) atoms. The average molecular weight is 392 g/mol. The number of rotatable bonds is 4. The molecule has 0 spiro atoms. The summed E-state index contributed by atoms with van der Waals surface area (Å²) in [7, 11) is 3.35. The number of benzene rings is 2. The van der Waals surface area contributed by atoms with Crippen molar-refractivity contribution >= 4 is 33.9 Å². The van der Waals surface area contributed by atoms with E-state index in [9.17, 15) is 4.79 Å². The molecule has 0 atom stereocenters. The summed E-state index contributed by atoms with van der Waals surface area (Å²) in [6.45, 7) is 0. The highest BCUT2D eigenvalue weighted by Crippen LogP contribution is 2.32. The van der Waals surface area contributed by atoms with Crippen LogP contribution in [0.3, 0.4) is 0 Å². The van der Waals surface area contributed by atoms with Crippen molar-refractivity contribution in [3.8, 4) is 16.9 Å². The molecule has 2 heterocycles. The Hall–Kier alpha value is -3.31. The predicted octanol–water partition coefficient (Wildman–Crippen LogP) is 5.01. The van der Waals surface area contributed by atoms with E-state index in [1.807, 2.05) is 48.5 Å². The molecule has 1 N–H and O–H groups in total. The van der Waals surface area contributed by atoms with Gasteiger partial charge in [-0.05, 0) is 53.6 Å². The zero-order chi connectivity index (χ0) is 19.7. The summed E-state index contributed by atoms with van der Waals surface area (Å²) >= 11 is 6.17. The molecular formula is C22H18ClN3O2. The van der Waals surface area contributed by atoms with Crippen LogP contribution in [0, 0.1) is 0 Å². The molecule has 0 amide bonds. The summed E-state index contributed by atoms with van der Waals surface area (Å²) < 4.78 is 7.00. The van der Waals surface area contributed by atoms with Crippen LogP contribution in [0.2, 0.25) is 5.02 Å². The number of hydrogen-bond acceptors (Lipinski definition) is 4. The van der Waals surface area contributed by atoms with E-state index in [0.717, 1.165) is 33.4 Å². The van der Waals surface area contributed by atoms with Crippen LogP contribution in [0.25, 0.3) is 22.0 Å². The van der Waals surface area contributed by atoms with E-state index >= 15 is 0 Å². The first-order chi connectivity index (χ1) is 13.5. The summed E-state index contributed by atoms with van der Waals surface area (Å²) in [6, 6.07) is 16.8. The van der Waals surface area contributed by atoms with E-state index in [1.165, 1.54) is 4.57 Å². The second kappa shape index (κ2) is 7.37. The maximum absolute atomic E-state index is 12.0. The minimum Gasteiger partial charge on any atom is -0.497 e. The van der Waals surface area contributed by atoms with E-state index in [-0.39, 0.29) is 5.56 Å². The second-order valence-corrected chi connectivity index (χ2v) is 6.90. The van der Waals surface area contributed by atoms with Gasteiger partial charge >= 0.3 is 0 Å². The van der Waals surface area contributed by atoms with Gasteiger partial charge < -0.3 is 14.6 Å². The van der Waals surface area contributed by atoms with Crippen LogP contribution in [-0.2, 0) is 7.05 Å². The SMILES string of the molecule is COc1cc(Nc2ccnc3ccc(Cl)cc23)cc(-c2ccn(C)c(=O)c2)c1. The minimum absolute atomic E-state index is 0.0652.